The summed E-state index contributed by atoms with van der Waals surface area (Å²) in [6, 6.07) is 6.49. The Hall–Kier alpha value is -0.970. The van der Waals surface area contributed by atoms with Crippen LogP contribution in [-0.4, -0.2) is 36.2 Å². The van der Waals surface area contributed by atoms with Crippen molar-refractivity contribution in [2.24, 2.45) is 5.73 Å². The van der Waals surface area contributed by atoms with E-state index in [1.54, 1.807) is 7.11 Å². The Labute approximate surface area is 104 Å². The van der Waals surface area contributed by atoms with Gasteiger partial charge in [-0.25, -0.2) is 0 Å². The van der Waals surface area contributed by atoms with Gasteiger partial charge in [-0.2, -0.15) is 0 Å². The third-order valence-corrected chi connectivity index (χ3v) is 2.75. The van der Waals surface area contributed by atoms with Crippen LogP contribution in [0.25, 0.3) is 0 Å². The lowest BCUT2D eigenvalue weighted by Gasteiger charge is -2.25. The standard InChI is InChI=1S/C13H23N3O/c1-11(2)16(7-8-17-3)10-13-6-4-5-12(9-14)15-13/h4-6,11H,7-10,14H2,1-3H3. The zero-order chi connectivity index (χ0) is 12.7. The van der Waals surface area contributed by atoms with Gasteiger partial charge in [-0.1, -0.05) is 6.07 Å². The SMILES string of the molecule is COCCN(Cc1cccc(CN)n1)C(C)C. The molecule has 0 atom stereocenters. The highest BCUT2D eigenvalue weighted by molar-refractivity contribution is 5.11. The van der Waals surface area contributed by atoms with Gasteiger partial charge in [-0.3, -0.25) is 9.88 Å². The first-order valence-electron chi connectivity index (χ1n) is 6.05. The van der Waals surface area contributed by atoms with Gasteiger partial charge in [0, 0.05) is 32.8 Å². The van der Waals surface area contributed by atoms with Crippen molar-refractivity contribution in [1.82, 2.24) is 9.88 Å². The number of aromatic nitrogens is 1. The lowest BCUT2D eigenvalue weighted by atomic mass is 10.2. The van der Waals surface area contributed by atoms with Crippen LogP contribution in [0, 0.1) is 0 Å². The molecule has 0 aromatic carbocycles. The highest BCUT2D eigenvalue weighted by atomic mass is 16.5. The predicted molar refractivity (Wildman–Crippen MR) is 69.6 cm³/mol. The summed E-state index contributed by atoms with van der Waals surface area (Å²) in [6.45, 7) is 7.37. The topological polar surface area (TPSA) is 51.4 Å². The van der Waals surface area contributed by atoms with Crippen LogP contribution in [0.4, 0.5) is 0 Å². The monoisotopic (exact) mass is 237 g/mol. The lowest BCUT2D eigenvalue weighted by Crippen LogP contribution is -2.33. The Morgan fingerprint density at radius 2 is 2.06 bits per heavy atom. The number of nitrogens with zero attached hydrogens (tertiary/aromatic N) is 2. The molecule has 0 spiro atoms. The molecule has 2 N–H and O–H groups in total. The van der Waals surface area contributed by atoms with E-state index in [0.29, 0.717) is 12.6 Å². The molecule has 0 aliphatic carbocycles. The molecule has 0 fully saturated rings. The Balaban J connectivity index is 2.64. The Bertz CT molecular complexity index is 328. The molecule has 0 amide bonds. The van der Waals surface area contributed by atoms with Crippen LogP contribution >= 0.6 is 0 Å². The second-order valence-electron chi connectivity index (χ2n) is 4.38. The number of hydrogen-bond donors (Lipinski definition) is 1. The summed E-state index contributed by atoms with van der Waals surface area (Å²) in [5.74, 6) is 0. The maximum Gasteiger partial charge on any atom is 0.0589 e. The lowest BCUT2D eigenvalue weighted by molar-refractivity contribution is 0.124. The largest absolute Gasteiger partial charge is 0.383 e. The van der Waals surface area contributed by atoms with Gasteiger partial charge in [0.25, 0.3) is 0 Å². The van der Waals surface area contributed by atoms with Crippen LogP contribution < -0.4 is 5.73 Å². The molecule has 0 unspecified atom stereocenters. The first-order valence-corrected chi connectivity index (χ1v) is 6.05. The van der Waals surface area contributed by atoms with E-state index in [9.17, 15) is 0 Å². The number of ether oxygens (including phenoxy) is 1. The molecule has 0 aliphatic rings. The van der Waals surface area contributed by atoms with Crippen molar-refractivity contribution in [2.75, 3.05) is 20.3 Å². The van der Waals surface area contributed by atoms with Crippen molar-refractivity contribution in [3.8, 4) is 0 Å². The van der Waals surface area contributed by atoms with Gasteiger partial charge in [-0.15, -0.1) is 0 Å². The summed E-state index contributed by atoms with van der Waals surface area (Å²) < 4.78 is 5.12. The molecule has 4 nitrogen and oxygen atoms in total. The fourth-order valence-electron chi connectivity index (χ4n) is 1.67. The number of rotatable bonds is 7. The summed E-state index contributed by atoms with van der Waals surface area (Å²) in [5, 5.41) is 0. The van der Waals surface area contributed by atoms with Gasteiger partial charge in [0.1, 0.15) is 0 Å². The highest BCUT2D eigenvalue weighted by Gasteiger charge is 2.10. The van der Waals surface area contributed by atoms with Gasteiger partial charge in [0.2, 0.25) is 0 Å². The molecule has 0 aliphatic heterocycles. The van der Waals surface area contributed by atoms with Crippen molar-refractivity contribution in [1.29, 1.82) is 0 Å². The van der Waals surface area contributed by atoms with Gasteiger partial charge >= 0.3 is 0 Å². The molecular formula is C13H23N3O. The molecule has 1 aromatic heterocycles. The fraction of sp³-hybridized carbons (Fsp3) is 0.615. The van der Waals surface area contributed by atoms with Gasteiger partial charge < -0.3 is 10.5 Å². The van der Waals surface area contributed by atoms with Gasteiger partial charge in [0.05, 0.1) is 18.0 Å². The number of nitrogens with two attached hydrogens (primary N) is 1. The Kier molecular flexibility index (Phi) is 6.11. The van der Waals surface area contributed by atoms with E-state index in [1.165, 1.54) is 0 Å². The summed E-state index contributed by atoms with van der Waals surface area (Å²) in [7, 11) is 1.73. The van der Waals surface area contributed by atoms with Crippen molar-refractivity contribution >= 4 is 0 Å². The third-order valence-electron chi connectivity index (χ3n) is 2.75. The fourth-order valence-corrected chi connectivity index (χ4v) is 1.67. The molecule has 0 radical (unpaired) electrons. The average molecular weight is 237 g/mol. The van der Waals surface area contributed by atoms with Crippen molar-refractivity contribution in [2.45, 2.75) is 33.0 Å². The van der Waals surface area contributed by atoms with E-state index >= 15 is 0 Å². The van der Waals surface area contributed by atoms with E-state index in [0.717, 1.165) is 31.1 Å². The molecule has 0 saturated carbocycles. The average Bonchev–Trinajstić information content (AvgIpc) is 2.34. The predicted octanol–water partition coefficient (Wildman–Crippen LogP) is 1.40. The zero-order valence-electron chi connectivity index (χ0n) is 11.0. The summed E-state index contributed by atoms with van der Waals surface area (Å²) in [5.41, 5.74) is 7.60. The molecule has 1 aromatic rings. The molecule has 17 heavy (non-hydrogen) atoms. The first-order chi connectivity index (χ1) is 8.17. The maximum absolute atomic E-state index is 5.59. The van der Waals surface area contributed by atoms with E-state index < -0.39 is 0 Å². The molecular weight excluding hydrogens is 214 g/mol. The smallest absolute Gasteiger partial charge is 0.0589 e. The Morgan fingerprint density at radius 1 is 1.35 bits per heavy atom. The molecule has 0 saturated heterocycles. The minimum absolute atomic E-state index is 0.480. The van der Waals surface area contributed by atoms with Crippen LogP contribution in [0.2, 0.25) is 0 Å². The minimum Gasteiger partial charge on any atom is -0.383 e. The number of methoxy groups -OCH3 is 1. The van der Waals surface area contributed by atoms with E-state index in [4.69, 9.17) is 10.5 Å². The zero-order valence-corrected chi connectivity index (χ0v) is 11.0. The van der Waals surface area contributed by atoms with Crippen LogP contribution in [0.15, 0.2) is 18.2 Å². The van der Waals surface area contributed by atoms with Crippen LogP contribution in [0.5, 0.6) is 0 Å². The van der Waals surface area contributed by atoms with Crippen LogP contribution in [0.3, 0.4) is 0 Å². The van der Waals surface area contributed by atoms with E-state index in [-0.39, 0.29) is 0 Å². The summed E-state index contributed by atoms with van der Waals surface area (Å²) >= 11 is 0. The molecule has 1 rings (SSSR count). The molecule has 96 valence electrons. The summed E-state index contributed by atoms with van der Waals surface area (Å²) in [4.78, 5) is 6.85. The summed E-state index contributed by atoms with van der Waals surface area (Å²) in [6.07, 6.45) is 0. The molecule has 1 heterocycles. The van der Waals surface area contributed by atoms with Gasteiger partial charge in [0.15, 0.2) is 0 Å². The van der Waals surface area contributed by atoms with Crippen molar-refractivity contribution < 1.29 is 4.74 Å². The minimum atomic E-state index is 0.480. The first kappa shape index (κ1) is 14.1. The van der Waals surface area contributed by atoms with E-state index in [2.05, 4.69) is 23.7 Å². The van der Waals surface area contributed by atoms with Crippen molar-refractivity contribution in [3.05, 3.63) is 29.6 Å². The molecule has 0 bridgehead atoms. The van der Waals surface area contributed by atoms with E-state index in [1.807, 2.05) is 18.2 Å². The van der Waals surface area contributed by atoms with Crippen LogP contribution in [-0.2, 0) is 17.8 Å². The number of pyridine rings is 1. The Morgan fingerprint density at radius 3 is 2.65 bits per heavy atom. The highest BCUT2D eigenvalue weighted by Crippen LogP contribution is 2.07. The third kappa shape index (κ3) is 4.81. The molecule has 4 heteroatoms. The number of hydrogen-bond acceptors (Lipinski definition) is 4. The van der Waals surface area contributed by atoms with Crippen molar-refractivity contribution in [3.63, 3.8) is 0 Å². The second kappa shape index (κ2) is 7.37. The normalized spacial score (nSPS) is 11.4. The second-order valence-corrected chi connectivity index (χ2v) is 4.38. The van der Waals surface area contributed by atoms with Crippen LogP contribution in [0.1, 0.15) is 25.2 Å². The maximum atomic E-state index is 5.59. The quantitative estimate of drug-likeness (QED) is 0.779. The van der Waals surface area contributed by atoms with Gasteiger partial charge in [-0.05, 0) is 26.0 Å².